The molecule has 3 aromatic rings. The van der Waals surface area contributed by atoms with Crippen LogP contribution in [-0.4, -0.2) is 50.0 Å². The fourth-order valence-electron chi connectivity index (χ4n) is 2.96. The maximum Gasteiger partial charge on any atom is 0.274 e. The van der Waals surface area contributed by atoms with E-state index >= 15 is 0 Å². The predicted octanol–water partition coefficient (Wildman–Crippen LogP) is 2.24. The van der Waals surface area contributed by atoms with Crippen LogP contribution in [0.15, 0.2) is 53.4 Å². The van der Waals surface area contributed by atoms with Crippen LogP contribution < -0.4 is 5.32 Å². The van der Waals surface area contributed by atoms with E-state index in [2.05, 4.69) is 25.4 Å². The molecule has 1 saturated heterocycles. The number of amides is 1. The summed E-state index contributed by atoms with van der Waals surface area (Å²) in [5.74, 6) is 0.883. The summed E-state index contributed by atoms with van der Waals surface area (Å²) in [6.45, 7) is 1.30. The molecule has 1 N–H and O–H groups in total. The molecule has 1 aliphatic rings. The highest BCUT2D eigenvalue weighted by atomic mass is 16.5. The fourth-order valence-corrected chi connectivity index (χ4v) is 2.96. The number of anilines is 1. The van der Waals surface area contributed by atoms with E-state index in [1.807, 2.05) is 30.3 Å². The van der Waals surface area contributed by atoms with Gasteiger partial charge in [0, 0.05) is 37.1 Å². The van der Waals surface area contributed by atoms with Crippen molar-refractivity contribution < 1.29 is 9.32 Å². The summed E-state index contributed by atoms with van der Waals surface area (Å²) in [5.41, 5.74) is 1.27. The van der Waals surface area contributed by atoms with Crippen LogP contribution in [0.3, 0.4) is 0 Å². The summed E-state index contributed by atoms with van der Waals surface area (Å²) < 4.78 is 5.31. The highest BCUT2D eigenvalue weighted by molar-refractivity contribution is 5.92. The number of nitrogens with zero attached hydrogens (tertiary/aromatic N) is 5. The molecular weight excluding hydrogens is 332 g/mol. The van der Waals surface area contributed by atoms with Crippen LogP contribution in [0, 0.1) is 0 Å². The van der Waals surface area contributed by atoms with Crippen molar-refractivity contribution in [2.75, 3.05) is 18.4 Å². The van der Waals surface area contributed by atoms with E-state index in [0.29, 0.717) is 30.6 Å². The van der Waals surface area contributed by atoms with Gasteiger partial charge in [0.2, 0.25) is 0 Å². The Balaban J connectivity index is 1.33. The van der Waals surface area contributed by atoms with Crippen LogP contribution in [0.5, 0.6) is 0 Å². The zero-order valence-corrected chi connectivity index (χ0v) is 14.1. The van der Waals surface area contributed by atoms with Crippen molar-refractivity contribution in [1.82, 2.24) is 25.0 Å². The SMILES string of the molecule is O=C(c1cnccn1)N1CCC(Nc2noc(-c3ccccc3)n2)CC1. The van der Waals surface area contributed by atoms with Gasteiger partial charge < -0.3 is 14.7 Å². The topological polar surface area (TPSA) is 97.0 Å². The van der Waals surface area contributed by atoms with E-state index in [-0.39, 0.29) is 11.9 Å². The van der Waals surface area contributed by atoms with Gasteiger partial charge in [-0.3, -0.25) is 9.78 Å². The number of hydrogen-bond acceptors (Lipinski definition) is 7. The quantitative estimate of drug-likeness (QED) is 0.770. The van der Waals surface area contributed by atoms with Gasteiger partial charge in [-0.1, -0.05) is 18.2 Å². The third kappa shape index (κ3) is 3.53. The lowest BCUT2D eigenvalue weighted by molar-refractivity contribution is 0.0712. The molecule has 0 atom stereocenters. The Labute approximate surface area is 150 Å². The van der Waals surface area contributed by atoms with Crippen LogP contribution in [0.2, 0.25) is 0 Å². The van der Waals surface area contributed by atoms with Gasteiger partial charge in [-0.05, 0) is 30.1 Å². The van der Waals surface area contributed by atoms with Crippen molar-refractivity contribution in [1.29, 1.82) is 0 Å². The Morgan fingerprint density at radius 3 is 2.69 bits per heavy atom. The molecule has 132 valence electrons. The van der Waals surface area contributed by atoms with E-state index in [1.54, 1.807) is 11.1 Å². The predicted molar refractivity (Wildman–Crippen MR) is 94.3 cm³/mol. The first kappa shape index (κ1) is 16.2. The minimum absolute atomic E-state index is 0.0810. The summed E-state index contributed by atoms with van der Waals surface area (Å²) in [6, 6.07) is 9.84. The van der Waals surface area contributed by atoms with Gasteiger partial charge in [-0.25, -0.2) is 4.98 Å². The van der Waals surface area contributed by atoms with Gasteiger partial charge >= 0.3 is 0 Å². The minimum Gasteiger partial charge on any atom is -0.349 e. The average Bonchev–Trinajstić information content (AvgIpc) is 3.18. The first-order valence-corrected chi connectivity index (χ1v) is 8.50. The maximum absolute atomic E-state index is 12.4. The monoisotopic (exact) mass is 350 g/mol. The zero-order chi connectivity index (χ0) is 17.8. The molecule has 1 amide bonds. The van der Waals surface area contributed by atoms with Gasteiger partial charge in [0.05, 0.1) is 6.20 Å². The third-order valence-corrected chi connectivity index (χ3v) is 4.34. The molecule has 1 aromatic carbocycles. The lowest BCUT2D eigenvalue weighted by Gasteiger charge is -2.31. The minimum atomic E-state index is -0.0810. The Hall–Kier alpha value is -3.29. The number of hydrogen-bond donors (Lipinski definition) is 1. The van der Waals surface area contributed by atoms with E-state index in [1.165, 1.54) is 12.4 Å². The molecule has 0 unspecified atom stereocenters. The molecule has 3 heterocycles. The first-order valence-electron chi connectivity index (χ1n) is 8.50. The largest absolute Gasteiger partial charge is 0.349 e. The molecule has 4 rings (SSSR count). The van der Waals surface area contributed by atoms with Crippen molar-refractivity contribution in [3.8, 4) is 11.5 Å². The second-order valence-electron chi connectivity index (χ2n) is 6.09. The number of rotatable bonds is 4. The fraction of sp³-hybridized carbons (Fsp3) is 0.278. The smallest absolute Gasteiger partial charge is 0.274 e. The molecule has 0 bridgehead atoms. The number of carbonyl (C=O) groups is 1. The normalized spacial score (nSPS) is 15.0. The van der Waals surface area contributed by atoms with E-state index in [0.717, 1.165) is 18.4 Å². The molecule has 8 heteroatoms. The summed E-state index contributed by atoms with van der Waals surface area (Å²) in [4.78, 5) is 26.6. The Bertz CT molecular complexity index is 860. The molecule has 0 spiro atoms. The Morgan fingerprint density at radius 2 is 1.96 bits per heavy atom. The number of likely N-dealkylation sites (tertiary alicyclic amines) is 1. The molecule has 0 aliphatic carbocycles. The lowest BCUT2D eigenvalue weighted by Crippen LogP contribution is -2.42. The third-order valence-electron chi connectivity index (χ3n) is 4.34. The first-order chi connectivity index (χ1) is 12.8. The summed E-state index contributed by atoms with van der Waals surface area (Å²) in [6.07, 6.45) is 6.20. The highest BCUT2D eigenvalue weighted by Gasteiger charge is 2.25. The molecule has 1 fully saturated rings. The highest BCUT2D eigenvalue weighted by Crippen LogP contribution is 2.20. The van der Waals surface area contributed by atoms with Crippen molar-refractivity contribution in [2.24, 2.45) is 0 Å². The molecule has 1 aliphatic heterocycles. The summed E-state index contributed by atoms with van der Waals surface area (Å²) in [5, 5.41) is 7.28. The van der Waals surface area contributed by atoms with Crippen molar-refractivity contribution in [3.63, 3.8) is 0 Å². The Morgan fingerprint density at radius 1 is 1.15 bits per heavy atom. The van der Waals surface area contributed by atoms with Crippen LogP contribution >= 0.6 is 0 Å². The molecule has 0 saturated carbocycles. The molecule has 26 heavy (non-hydrogen) atoms. The van der Waals surface area contributed by atoms with Gasteiger partial charge in [0.25, 0.3) is 17.7 Å². The lowest BCUT2D eigenvalue weighted by atomic mass is 10.0. The van der Waals surface area contributed by atoms with Crippen LogP contribution in [0.4, 0.5) is 5.95 Å². The van der Waals surface area contributed by atoms with Crippen molar-refractivity contribution >= 4 is 11.9 Å². The molecule has 2 aromatic heterocycles. The van der Waals surface area contributed by atoms with E-state index in [9.17, 15) is 4.79 Å². The number of piperidine rings is 1. The van der Waals surface area contributed by atoms with Crippen LogP contribution in [0.1, 0.15) is 23.3 Å². The number of aromatic nitrogens is 4. The van der Waals surface area contributed by atoms with E-state index in [4.69, 9.17) is 4.52 Å². The van der Waals surface area contributed by atoms with Crippen molar-refractivity contribution in [3.05, 3.63) is 54.6 Å². The maximum atomic E-state index is 12.4. The van der Waals surface area contributed by atoms with Gasteiger partial charge in [0.1, 0.15) is 5.69 Å². The molecular formula is C18H18N6O2. The number of nitrogens with one attached hydrogen (secondary N) is 1. The van der Waals surface area contributed by atoms with E-state index < -0.39 is 0 Å². The zero-order valence-electron chi connectivity index (χ0n) is 14.1. The molecule has 0 radical (unpaired) electrons. The standard InChI is InChI=1S/C18H18N6O2/c25-17(15-12-19-8-9-20-15)24-10-6-14(7-11-24)21-18-22-16(26-23-18)13-4-2-1-3-5-13/h1-5,8-9,12,14H,6-7,10-11H2,(H,21,23). The molecule has 8 nitrogen and oxygen atoms in total. The second kappa shape index (κ2) is 7.30. The number of benzene rings is 1. The van der Waals surface area contributed by atoms with Crippen LogP contribution in [0.25, 0.3) is 11.5 Å². The van der Waals surface area contributed by atoms with Gasteiger partial charge in [-0.15, -0.1) is 0 Å². The Kier molecular flexibility index (Phi) is 4.55. The van der Waals surface area contributed by atoms with Gasteiger partial charge in [0.15, 0.2) is 0 Å². The summed E-state index contributed by atoms with van der Waals surface area (Å²) >= 11 is 0. The van der Waals surface area contributed by atoms with Crippen LogP contribution in [-0.2, 0) is 0 Å². The van der Waals surface area contributed by atoms with Crippen molar-refractivity contribution in [2.45, 2.75) is 18.9 Å². The number of carbonyl (C=O) groups excluding carboxylic acids is 1. The summed E-state index contributed by atoms with van der Waals surface area (Å²) in [7, 11) is 0. The second-order valence-corrected chi connectivity index (χ2v) is 6.09. The van der Waals surface area contributed by atoms with Gasteiger partial charge in [-0.2, -0.15) is 4.98 Å². The average molecular weight is 350 g/mol.